The molecule has 1 unspecified atom stereocenters. The molecule has 1 atom stereocenters. The zero-order valence-electron chi connectivity index (χ0n) is 14.1. The summed E-state index contributed by atoms with van der Waals surface area (Å²) in [5.41, 5.74) is 7.64. The molecule has 1 aromatic rings. The smallest absolute Gasteiger partial charge is 0.383 e. The van der Waals surface area contributed by atoms with Crippen molar-refractivity contribution in [1.82, 2.24) is 14.9 Å². The Morgan fingerprint density at radius 2 is 2.04 bits per heavy atom. The van der Waals surface area contributed by atoms with E-state index in [9.17, 15) is 14.0 Å². The first-order valence-electron chi connectivity index (χ1n) is 7.36. The van der Waals surface area contributed by atoms with Gasteiger partial charge in [0.2, 0.25) is 0 Å². The zero-order chi connectivity index (χ0) is 19.5. The molecule has 2 heterocycles. The normalized spacial score (nSPS) is 17.7. The van der Waals surface area contributed by atoms with Crippen molar-refractivity contribution in [2.45, 2.75) is 26.8 Å². The standard InChI is InChI=1S/C12H20N4O7P2S/c1-8-11(3-4-22-25(20,21)23-24(17,18)19)26-7-16(8)6-10-5-14-9(2)15-12(10)13/h5H,3-4,6-7H2,1-2H3,(H,20,21)(H2,13,14,15)(H2,17,18,19). The SMILES string of the molecule is CC1=C(CCOP(=O)(O)OP(=O)(O)O)SCN1Cc1cnc(C)nc1N. The second-order valence-electron chi connectivity index (χ2n) is 5.43. The van der Waals surface area contributed by atoms with E-state index in [1.54, 1.807) is 13.1 Å². The first-order chi connectivity index (χ1) is 12.0. The number of anilines is 1. The highest BCUT2D eigenvalue weighted by Gasteiger charge is 2.32. The van der Waals surface area contributed by atoms with Crippen LogP contribution in [0.5, 0.6) is 0 Å². The van der Waals surface area contributed by atoms with Gasteiger partial charge in [-0.15, -0.1) is 11.8 Å². The Kier molecular flexibility index (Phi) is 6.86. The Labute approximate surface area is 154 Å². The van der Waals surface area contributed by atoms with Gasteiger partial charge < -0.3 is 25.3 Å². The minimum atomic E-state index is -5.11. The fraction of sp³-hybridized carbons (Fsp3) is 0.500. The molecule has 0 aromatic carbocycles. The second-order valence-corrected chi connectivity index (χ2v) is 9.30. The van der Waals surface area contributed by atoms with Gasteiger partial charge in [-0.3, -0.25) is 4.52 Å². The van der Waals surface area contributed by atoms with Crippen LogP contribution in [0.4, 0.5) is 5.82 Å². The number of hydrogen-bond donors (Lipinski definition) is 4. The first kappa shape index (κ1) is 21.3. The van der Waals surface area contributed by atoms with Gasteiger partial charge in [0.25, 0.3) is 0 Å². The van der Waals surface area contributed by atoms with E-state index in [-0.39, 0.29) is 6.61 Å². The summed E-state index contributed by atoms with van der Waals surface area (Å²) >= 11 is 1.53. The number of allylic oxidation sites excluding steroid dienone is 1. The molecule has 0 radical (unpaired) electrons. The lowest BCUT2D eigenvalue weighted by molar-refractivity contribution is 0.180. The summed E-state index contributed by atoms with van der Waals surface area (Å²) in [6.07, 6.45) is 1.97. The molecule has 11 nitrogen and oxygen atoms in total. The molecule has 0 bridgehead atoms. The molecule has 1 aliphatic heterocycles. The molecule has 26 heavy (non-hydrogen) atoms. The molecule has 0 fully saturated rings. The molecule has 0 spiro atoms. The van der Waals surface area contributed by atoms with Gasteiger partial charge in [0.15, 0.2) is 0 Å². The predicted octanol–water partition coefficient (Wildman–Crippen LogP) is 1.72. The van der Waals surface area contributed by atoms with E-state index in [1.165, 1.54) is 11.8 Å². The number of nitrogens with zero attached hydrogens (tertiary/aromatic N) is 3. The lowest BCUT2D eigenvalue weighted by Gasteiger charge is -2.19. The molecule has 14 heteroatoms. The minimum absolute atomic E-state index is 0.225. The van der Waals surface area contributed by atoms with Crippen molar-refractivity contribution in [3.63, 3.8) is 0 Å². The number of hydrogen-bond acceptors (Lipinski definition) is 9. The molecule has 0 amide bonds. The third-order valence-corrected chi connectivity index (χ3v) is 6.92. The average Bonchev–Trinajstić information content (AvgIpc) is 2.80. The molecule has 146 valence electrons. The monoisotopic (exact) mass is 426 g/mol. The molecule has 1 aromatic heterocycles. The number of thioether (sulfide) groups is 1. The number of rotatable bonds is 8. The van der Waals surface area contributed by atoms with Crippen LogP contribution < -0.4 is 5.73 Å². The lowest BCUT2D eigenvalue weighted by Crippen LogP contribution is -2.18. The number of phosphoric ester groups is 1. The Bertz CT molecular complexity index is 800. The molecular formula is C12H20N4O7P2S. The molecule has 1 aliphatic rings. The van der Waals surface area contributed by atoms with Crippen LogP contribution in [0.25, 0.3) is 0 Å². The molecular weight excluding hydrogens is 406 g/mol. The number of aromatic nitrogens is 2. The van der Waals surface area contributed by atoms with Crippen LogP contribution in [0.1, 0.15) is 24.7 Å². The molecule has 0 saturated heterocycles. The van der Waals surface area contributed by atoms with Crippen LogP contribution >= 0.6 is 27.4 Å². The van der Waals surface area contributed by atoms with Crippen molar-refractivity contribution in [1.29, 1.82) is 0 Å². The second kappa shape index (κ2) is 8.37. The maximum Gasteiger partial charge on any atom is 0.481 e. The van der Waals surface area contributed by atoms with Crippen molar-refractivity contribution in [3.05, 3.63) is 28.2 Å². The van der Waals surface area contributed by atoms with Crippen molar-refractivity contribution in [2.75, 3.05) is 18.2 Å². The summed E-state index contributed by atoms with van der Waals surface area (Å²) in [5, 5.41) is 0. The number of phosphoric acid groups is 2. The summed E-state index contributed by atoms with van der Waals surface area (Å²) in [6.45, 7) is 3.95. The third kappa shape index (κ3) is 6.33. The molecule has 2 rings (SSSR count). The Morgan fingerprint density at radius 3 is 2.65 bits per heavy atom. The molecule has 5 N–H and O–H groups in total. The van der Waals surface area contributed by atoms with Crippen LogP contribution in [0.3, 0.4) is 0 Å². The van der Waals surface area contributed by atoms with E-state index in [4.69, 9.17) is 15.5 Å². The first-order valence-corrected chi connectivity index (χ1v) is 11.4. The average molecular weight is 426 g/mol. The van der Waals surface area contributed by atoms with Gasteiger partial charge in [-0.2, -0.15) is 4.31 Å². The van der Waals surface area contributed by atoms with Crippen molar-refractivity contribution >= 4 is 33.2 Å². The van der Waals surface area contributed by atoms with Gasteiger partial charge in [-0.25, -0.2) is 19.1 Å². The van der Waals surface area contributed by atoms with Gasteiger partial charge in [-0.1, -0.05) is 0 Å². The topological polar surface area (TPSA) is 168 Å². The fourth-order valence-corrected chi connectivity index (χ4v) is 4.95. The number of nitrogen functional groups attached to an aromatic ring is 1. The largest absolute Gasteiger partial charge is 0.481 e. The summed E-state index contributed by atoms with van der Waals surface area (Å²) in [7, 11) is -9.92. The predicted molar refractivity (Wildman–Crippen MR) is 95.4 cm³/mol. The van der Waals surface area contributed by atoms with Crippen molar-refractivity contribution < 1.29 is 32.6 Å². The highest BCUT2D eigenvalue weighted by atomic mass is 32.2. The molecule has 0 saturated carbocycles. The van der Waals surface area contributed by atoms with Crippen LogP contribution in [-0.2, 0) is 24.5 Å². The van der Waals surface area contributed by atoms with E-state index in [0.29, 0.717) is 30.5 Å². The number of aryl methyl sites for hydroxylation is 1. The van der Waals surface area contributed by atoms with E-state index in [1.807, 2.05) is 6.92 Å². The van der Waals surface area contributed by atoms with Gasteiger partial charge in [0.1, 0.15) is 11.6 Å². The quantitative estimate of drug-likeness (QED) is 0.445. The van der Waals surface area contributed by atoms with Crippen molar-refractivity contribution in [3.8, 4) is 0 Å². The maximum atomic E-state index is 11.4. The summed E-state index contributed by atoms with van der Waals surface area (Å²) in [4.78, 5) is 37.6. The van der Waals surface area contributed by atoms with Crippen LogP contribution in [0.2, 0.25) is 0 Å². The summed E-state index contributed by atoms with van der Waals surface area (Å²) in [5.74, 6) is 1.67. The lowest BCUT2D eigenvalue weighted by atomic mass is 10.2. The van der Waals surface area contributed by atoms with Gasteiger partial charge in [0.05, 0.1) is 12.5 Å². The fourth-order valence-electron chi connectivity index (χ4n) is 2.20. The van der Waals surface area contributed by atoms with Crippen LogP contribution in [-0.4, -0.2) is 42.0 Å². The van der Waals surface area contributed by atoms with Gasteiger partial charge in [0, 0.05) is 35.3 Å². The molecule has 0 aliphatic carbocycles. The summed E-state index contributed by atoms with van der Waals surface area (Å²) < 4.78 is 30.3. The van der Waals surface area contributed by atoms with Crippen LogP contribution in [0, 0.1) is 6.92 Å². The highest BCUT2D eigenvalue weighted by Crippen LogP contribution is 2.57. The third-order valence-electron chi connectivity index (χ3n) is 3.45. The highest BCUT2D eigenvalue weighted by molar-refractivity contribution is 8.03. The minimum Gasteiger partial charge on any atom is -0.383 e. The van der Waals surface area contributed by atoms with E-state index >= 15 is 0 Å². The summed E-state index contributed by atoms with van der Waals surface area (Å²) in [6, 6.07) is 0. The van der Waals surface area contributed by atoms with Crippen LogP contribution in [0.15, 0.2) is 16.8 Å². The van der Waals surface area contributed by atoms with E-state index < -0.39 is 15.6 Å². The Morgan fingerprint density at radius 1 is 1.35 bits per heavy atom. The van der Waals surface area contributed by atoms with E-state index in [0.717, 1.165) is 16.2 Å². The number of nitrogens with two attached hydrogens (primary N) is 1. The van der Waals surface area contributed by atoms with Crippen molar-refractivity contribution in [2.24, 2.45) is 0 Å². The zero-order valence-corrected chi connectivity index (χ0v) is 16.7. The Hall–Kier alpha value is -0.970. The van der Waals surface area contributed by atoms with Gasteiger partial charge in [-0.05, 0) is 13.8 Å². The maximum absolute atomic E-state index is 11.4. The van der Waals surface area contributed by atoms with Gasteiger partial charge >= 0.3 is 15.6 Å². The van der Waals surface area contributed by atoms with E-state index in [2.05, 4.69) is 23.7 Å². The Balaban J connectivity index is 1.92.